The Morgan fingerprint density at radius 1 is 1.05 bits per heavy atom. The molecule has 0 bridgehead atoms. The lowest BCUT2D eigenvalue weighted by Gasteiger charge is -2.12. The molecule has 0 unspecified atom stereocenters. The lowest BCUT2D eigenvalue weighted by molar-refractivity contribution is 0.284. The molecule has 0 aliphatic carbocycles. The summed E-state index contributed by atoms with van der Waals surface area (Å²) in [5.41, 5.74) is 1.92. The molecule has 2 rings (SSSR count). The summed E-state index contributed by atoms with van der Waals surface area (Å²) in [6.07, 6.45) is 0. The van der Waals surface area contributed by atoms with Crippen molar-refractivity contribution in [2.75, 3.05) is 13.7 Å². The van der Waals surface area contributed by atoms with Crippen LogP contribution in [0.15, 0.2) is 42.5 Å². The van der Waals surface area contributed by atoms with Gasteiger partial charge in [0.2, 0.25) is 0 Å². The molecule has 0 aliphatic rings. The lowest BCUT2D eigenvalue weighted by Crippen LogP contribution is -2.11. The highest BCUT2D eigenvalue weighted by molar-refractivity contribution is 5.43. The van der Waals surface area contributed by atoms with Crippen LogP contribution in [0, 0.1) is 5.82 Å². The molecule has 0 radical (unpaired) electrons. The van der Waals surface area contributed by atoms with Gasteiger partial charge in [-0.25, -0.2) is 4.39 Å². The summed E-state index contributed by atoms with van der Waals surface area (Å²) in [6, 6.07) is 12.2. The molecule has 4 heteroatoms. The van der Waals surface area contributed by atoms with Gasteiger partial charge in [-0.3, -0.25) is 0 Å². The molecule has 0 amide bonds. The van der Waals surface area contributed by atoms with Crippen LogP contribution in [-0.4, -0.2) is 13.7 Å². The Labute approximate surface area is 124 Å². The number of hydrogen-bond donors (Lipinski definition) is 1. The molecule has 112 valence electrons. The molecule has 0 aliphatic heterocycles. The molecule has 0 saturated carbocycles. The van der Waals surface area contributed by atoms with Crippen LogP contribution >= 0.6 is 0 Å². The number of halogens is 1. The highest BCUT2D eigenvalue weighted by atomic mass is 19.1. The van der Waals surface area contributed by atoms with Gasteiger partial charge >= 0.3 is 0 Å². The third kappa shape index (κ3) is 4.46. The Kier molecular flexibility index (Phi) is 5.58. The fourth-order valence-electron chi connectivity index (χ4n) is 2.00. The summed E-state index contributed by atoms with van der Waals surface area (Å²) >= 11 is 0. The maximum Gasteiger partial charge on any atom is 0.161 e. The quantitative estimate of drug-likeness (QED) is 0.846. The molecular formula is C17H20FNO2. The van der Waals surface area contributed by atoms with Crippen molar-refractivity contribution in [1.29, 1.82) is 0 Å². The van der Waals surface area contributed by atoms with Crippen molar-refractivity contribution in [1.82, 2.24) is 5.32 Å². The molecule has 0 fully saturated rings. The van der Waals surface area contributed by atoms with Crippen molar-refractivity contribution in [3.8, 4) is 11.5 Å². The predicted octanol–water partition coefficient (Wildman–Crippen LogP) is 3.52. The first-order chi connectivity index (χ1) is 10.2. The summed E-state index contributed by atoms with van der Waals surface area (Å²) in [6.45, 7) is 4.07. The van der Waals surface area contributed by atoms with Gasteiger partial charge in [-0.05, 0) is 41.9 Å². The normalized spacial score (nSPS) is 10.4. The minimum atomic E-state index is -0.260. The van der Waals surface area contributed by atoms with E-state index in [-0.39, 0.29) is 5.82 Å². The van der Waals surface area contributed by atoms with E-state index < -0.39 is 0 Å². The van der Waals surface area contributed by atoms with Crippen LogP contribution < -0.4 is 14.8 Å². The highest BCUT2D eigenvalue weighted by Crippen LogP contribution is 2.28. The number of ether oxygens (including phenoxy) is 2. The second-order valence-electron chi connectivity index (χ2n) is 4.68. The average Bonchev–Trinajstić information content (AvgIpc) is 2.51. The maximum atomic E-state index is 13.1. The van der Waals surface area contributed by atoms with Crippen molar-refractivity contribution in [3.63, 3.8) is 0 Å². The van der Waals surface area contributed by atoms with E-state index in [4.69, 9.17) is 9.47 Å². The second kappa shape index (κ2) is 7.64. The van der Waals surface area contributed by atoms with Crippen molar-refractivity contribution < 1.29 is 13.9 Å². The molecule has 2 aromatic rings. The smallest absolute Gasteiger partial charge is 0.161 e. The third-order valence-corrected chi connectivity index (χ3v) is 3.09. The molecule has 3 nitrogen and oxygen atoms in total. The van der Waals surface area contributed by atoms with Gasteiger partial charge in [0.25, 0.3) is 0 Å². The maximum absolute atomic E-state index is 13.1. The second-order valence-corrected chi connectivity index (χ2v) is 4.68. The highest BCUT2D eigenvalue weighted by Gasteiger charge is 2.06. The molecule has 1 N–H and O–H groups in total. The Bertz CT molecular complexity index is 587. The van der Waals surface area contributed by atoms with Crippen LogP contribution in [0.5, 0.6) is 11.5 Å². The van der Waals surface area contributed by atoms with Crippen LogP contribution in [0.2, 0.25) is 0 Å². The molecule has 2 aromatic carbocycles. The molecule has 0 saturated heterocycles. The summed E-state index contributed by atoms with van der Waals surface area (Å²) < 4.78 is 24.2. The Hall–Kier alpha value is -2.07. The molecule has 0 atom stereocenters. The van der Waals surface area contributed by atoms with Crippen molar-refractivity contribution >= 4 is 0 Å². The zero-order chi connectivity index (χ0) is 15.1. The van der Waals surface area contributed by atoms with E-state index in [9.17, 15) is 4.39 Å². The van der Waals surface area contributed by atoms with Crippen molar-refractivity contribution in [2.24, 2.45) is 0 Å². The van der Waals surface area contributed by atoms with Crippen molar-refractivity contribution in [2.45, 2.75) is 20.1 Å². The van der Waals surface area contributed by atoms with Gasteiger partial charge in [0.05, 0.1) is 7.11 Å². The summed E-state index contributed by atoms with van der Waals surface area (Å²) in [7, 11) is 1.61. The van der Waals surface area contributed by atoms with Crippen LogP contribution in [0.25, 0.3) is 0 Å². The van der Waals surface area contributed by atoms with E-state index in [2.05, 4.69) is 12.2 Å². The average molecular weight is 289 g/mol. The number of nitrogens with one attached hydrogen (secondary N) is 1. The van der Waals surface area contributed by atoms with Gasteiger partial charge in [-0.2, -0.15) is 0 Å². The van der Waals surface area contributed by atoms with E-state index >= 15 is 0 Å². The number of benzene rings is 2. The van der Waals surface area contributed by atoms with E-state index in [1.165, 1.54) is 12.1 Å². The molecular weight excluding hydrogens is 269 g/mol. The summed E-state index contributed by atoms with van der Waals surface area (Å²) in [5, 5.41) is 3.26. The zero-order valence-corrected chi connectivity index (χ0v) is 12.4. The van der Waals surface area contributed by atoms with E-state index in [1.807, 2.05) is 24.3 Å². The lowest BCUT2D eigenvalue weighted by atomic mass is 10.2. The number of rotatable bonds is 7. The van der Waals surface area contributed by atoms with Crippen LogP contribution in [0.4, 0.5) is 4.39 Å². The molecule has 21 heavy (non-hydrogen) atoms. The summed E-state index contributed by atoms with van der Waals surface area (Å²) in [4.78, 5) is 0. The van der Waals surface area contributed by atoms with E-state index in [1.54, 1.807) is 13.2 Å². The Morgan fingerprint density at radius 3 is 2.62 bits per heavy atom. The Morgan fingerprint density at radius 2 is 1.90 bits per heavy atom. The monoisotopic (exact) mass is 289 g/mol. The van der Waals surface area contributed by atoms with Gasteiger partial charge in [0.15, 0.2) is 11.5 Å². The fourth-order valence-corrected chi connectivity index (χ4v) is 2.00. The van der Waals surface area contributed by atoms with E-state index in [0.717, 1.165) is 24.2 Å². The minimum absolute atomic E-state index is 0.260. The molecule has 0 aromatic heterocycles. The SMILES string of the molecule is CCNCc1ccc(OCc2cccc(F)c2)c(OC)c1. The minimum Gasteiger partial charge on any atom is -0.493 e. The van der Waals surface area contributed by atoms with Gasteiger partial charge in [-0.15, -0.1) is 0 Å². The first-order valence-electron chi connectivity index (χ1n) is 6.97. The fraction of sp³-hybridized carbons (Fsp3) is 0.294. The number of hydrogen-bond acceptors (Lipinski definition) is 3. The van der Waals surface area contributed by atoms with Crippen molar-refractivity contribution in [3.05, 3.63) is 59.4 Å². The third-order valence-electron chi connectivity index (χ3n) is 3.09. The van der Waals surface area contributed by atoms with Gasteiger partial charge in [0.1, 0.15) is 12.4 Å². The van der Waals surface area contributed by atoms with Crippen LogP contribution in [0.3, 0.4) is 0 Å². The van der Waals surface area contributed by atoms with Gasteiger partial charge in [-0.1, -0.05) is 25.1 Å². The number of methoxy groups -OCH3 is 1. The van der Waals surface area contributed by atoms with E-state index in [0.29, 0.717) is 18.1 Å². The largest absolute Gasteiger partial charge is 0.493 e. The topological polar surface area (TPSA) is 30.5 Å². The first-order valence-corrected chi connectivity index (χ1v) is 6.97. The predicted molar refractivity (Wildman–Crippen MR) is 81.1 cm³/mol. The molecule has 0 spiro atoms. The molecule has 0 heterocycles. The van der Waals surface area contributed by atoms with Gasteiger partial charge < -0.3 is 14.8 Å². The standard InChI is InChI=1S/C17H20FNO2/c1-3-19-11-13-7-8-16(17(10-13)20-2)21-12-14-5-4-6-15(18)9-14/h4-10,19H,3,11-12H2,1-2H3. The first kappa shape index (κ1) is 15.3. The summed E-state index contributed by atoms with van der Waals surface area (Å²) in [5.74, 6) is 1.08. The van der Waals surface area contributed by atoms with Crippen LogP contribution in [0.1, 0.15) is 18.1 Å². The van der Waals surface area contributed by atoms with Gasteiger partial charge in [0, 0.05) is 6.54 Å². The Balaban J connectivity index is 2.05. The zero-order valence-electron chi connectivity index (χ0n) is 12.4. The van der Waals surface area contributed by atoms with Crippen LogP contribution in [-0.2, 0) is 13.2 Å².